The Kier molecular flexibility index (Phi) is 7.91. The smallest absolute Gasteiger partial charge is 0.191 e. The van der Waals surface area contributed by atoms with E-state index in [0.717, 1.165) is 22.6 Å². The molecule has 0 unspecified atom stereocenters. The zero-order valence-electron chi connectivity index (χ0n) is 16.1. The number of rotatable bonds is 5. The Hall–Kier alpha value is -2.49. The van der Waals surface area contributed by atoms with Crippen LogP contribution in [-0.2, 0) is 13.1 Å². The summed E-state index contributed by atoms with van der Waals surface area (Å²) in [5.41, 5.74) is 4.50. The van der Waals surface area contributed by atoms with Crippen molar-refractivity contribution in [1.29, 1.82) is 0 Å². The van der Waals surface area contributed by atoms with Crippen molar-refractivity contribution in [2.24, 2.45) is 4.99 Å². The van der Waals surface area contributed by atoms with Crippen LogP contribution in [0.1, 0.15) is 22.6 Å². The van der Waals surface area contributed by atoms with Crippen LogP contribution in [0.3, 0.4) is 0 Å². The second kappa shape index (κ2) is 10.2. The normalized spacial score (nSPS) is 11.1. The lowest BCUT2D eigenvalue weighted by Crippen LogP contribution is -2.37. The Labute approximate surface area is 181 Å². The molecule has 2 heterocycles. The van der Waals surface area contributed by atoms with Gasteiger partial charge in [-0.1, -0.05) is 18.2 Å². The van der Waals surface area contributed by atoms with Gasteiger partial charge in [-0.25, -0.2) is 9.07 Å². The zero-order chi connectivity index (χ0) is 19.2. The van der Waals surface area contributed by atoms with Crippen LogP contribution in [0, 0.1) is 19.7 Å². The standard InChI is InChI=1S/C20H23FN6.HI/c1-14-11-15(2)27(26-14)19-9-5-4-7-16(19)12-24-20(22-3)25-13-18-17(21)8-6-10-23-18;/h4-11H,12-13H2,1-3H3,(H2,22,24,25);1H. The molecule has 2 N–H and O–H groups in total. The lowest BCUT2D eigenvalue weighted by atomic mass is 10.1. The van der Waals surface area contributed by atoms with Crippen LogP contribution < -0.4 is 10.6 Å². The Bertz CT molecular complexity index is 953. The van der Waals surface area contributed by atoms with E-state index in [1.807, 2.05) is 48.9 Å². The SMILES string of the molecule is CN=C(NCc1ccccc1-n1nc(C)cc1C)NCc1ncccc1F.I. The van der Waals surface area contributed by atoms with Crippen molar-refractivity contribution in [1.82, 2.24) is 25.4 Å². The minimum atomic E-state index is -0.338. The Morgan fingerprint density at radius 3 is 2.54 bits per heavy atom. The number of aliphatic imine (C=N–C) groups is 1. The van der Waals surface area contributed by atoms with Gasteiger partial charge in [0, 0.05) is 25.5 Å². The molecular formula is C20H24FIN6. The highest BCUT2D eigenvalue weighted by molar-refractivity contribution is 14.0. The van der Waals surface area contributed by atoms with Gasteiger partial charge in [0.2, 0.25) is 0 Å². The van der Waals surface area contributed by atoms with Gasteiger partial charge in [0.1, 0.15) is 5.82 Å². The Balaban J connectivity index is 0.00000280. The summed E-state index contributed by atoms with van der Waals surface area (Å²) in [4.78, 5) is 8.23. The van der Waals surface area contributed by atoms with Crippen molar-refractivity contribution in [3.63, 3.8) is 0 Å². The molecule has 3 aromatic rings. The summed E-state index contributed by atoms with van der Waals surface area (Å²) in [6.45, 7) is 4.82. The van der Waals surface area contributed by atoms with Gasteiger partial charge in [0.25, 0.3) is 0 Å². The van der Waals surface area contributed by atoms with E-state index < -0.39 is 0 Å². The Morgan fingerprint density at radius 2 is 1.86 bits per heavy atom. The number of para-hydroxylation sites is 1. The summed E-state index contributed by atoms with van der Waals surface area (Å²) in [7, 11) is 1.68. The maximum atomic E-state index is 13.7. The van der Waals surface area contributed by atoms with Gasteiger partial charge in [-0.15, -0.1) is 24.0 Å². The number of nitrogens with one attached hydrogen (secondary N) is 2. The van der Waals surface area contributed by atoms with Crippen LogP contribution in [0.15, 0.2) is 53.7 Å². The first kappa shape index (κ1) is 21.8. The minimum Gasteiger partial charge on any atom is -0.352 e. The maximum Gasteiger partial charge on any atom is 0.191 e. The third-order valence-electron chi connectivity index (χ3n) is 4.16. The molecule has 6 nitrogen and oxygen atoms in total. The third-order valence-corrected chi connectivity index (χ3v) is 4.16. The van der Waals surface area contributed by atoms with Crippen molar-refractivity contribution in [3.8, 4) is 5.69 Å². The molecule has 0 saturated heterocycles. The number of hydrogen-bond donors (Lipinski definition) is 2. The summed E-state index contributed by atoms with van der Waals surface area (Å²) in [5.74, 6) is 0.235. The fraction of sp³-hybridized carbons (Fsp3) is 0.250. The lowest BCUT2D eigenvalue weighted by molar-refractivity contribution is 0.592. The highest BCUT2D eigenvalue weighted by Gasteiger charge is 2.10. The summed E-state index contributed by atoms with van der Waals surface area (Å²) in [5, 5.41) is 10.9. The molecule has 0 aliphatic carbocycles. The summed E-state index contributed by atoms with van der Waals surface area (Å²) < 4.78 is 15.6. The van der Waals surface area contributed by atoms with E-state index in [1.54, 1.807) is 19.3 Å². The molecule has 0 saturated carbocycles. The van der Waals surface area contributed by atoms with Gasteiger partial charge in [0.05, 0.1) is 23.6 Å². The van der Waals surface area contributed by atoms with Crippen molar-refractivity contribution in [2.45, 2.75) is 26.9 Å². The summed E-state index contributed by atoms with van der Waals surface area (Å²) >= 11 is 0. The van der Waals surface area contributed by atoms with Crippen LogP contribution in [0.2, 0.25) is 0 Å². The highest BCUT2D eigenvalue weighted by atomic mass is 127. The molecule has 0 atom stereocenters. The number of aromatic nitrogens is 3. The molecule has 0 bridgehead atoms. The van der Waals surface area contributed by atoms with Crippen LogP contribution in [0.5, 0.6) is 0 Å². The second-order valence-electron chi connectivity index (χ2n) is 6.18. The molecule has 148 valence electrons. The fourth-order valence-corrected chi connectivity index (χ4v) is 2.86. The number of aryl methyl sites for hydroxylation is 2. The maximum absolute atomic E-state index is 13.7. The van der Waals surface area contributed by atoms with E-state index in [9.17, 15) is 4.39 Å². The first-order valence-electron chi connectivity index (χ1n) is 8.74. The number of nitrogens with zero attached hydrogens (tertiary/aromatic N) is 4. The number of benzene rings is 1. The molecule has 8 heteroatoms. The van der Waals surface area contributed by atoms with E-state index in [2.05, 4.69) is 25.7 Å². The molecule has 0 aliphatic heterocycles. The van der Waals surface area contributed by atoms with Gasteiger partial charge in [-0.3, -0.25) is 9.98 Å². The zero-order valence-corrected chi connectivity index (χ0v) is 18.4. The van der Waals surface area contributed by atoms with Gasteiger partial charge in [-0.05, 0) is 43.7 Å². The van der Waals surface area contributed by atoms with E-state index in [-0.39, 0.29) is 36.3 Å². The van der Waals surface area contributed by atoms with Gasteiger partial charge >= 0.3 is 0 Å². The average molecular weight is 494 g/mol. The fourth-order valence-electron chi connectivity index (χ4n) is 2.86. The van der Waals surface area contributed by atoms with Gasteiger partial charge in [0.15, 0.2) is 5.96 Å². The van der Waals surface area contributed by atoms with Crippen molar-refractivity contribution in [3.05, 3.63) is 77.1 Å². The van der Waals surface area contributed by atoms with E-state index in [0.29, 0.717) is 18.2 Å². The van der Waals surface area contributed by atoms with E-state index >= 15 is 0 Å². The lowest BCUT2D eigenvalue weighted by Gasteiger charge is -2.15. The van der Waals surface area contributed by atoms with Crippen LogP contribution >= 0.6 is 24.0 Å². The number of guanidine groups is 1. The first-order chi connectivity index (χ1) is 13.1. The van der Waals surface area contributed by atoms with Crippen LogP contribution in [-0.4, -0.2) is 27.8 Å². The summed E-state index contributed by atoms with van der Waals surface area (Å²) in [6, 6.07) is 13.1. The van der Waals surface area contributed by atoms with Crippen molar-refractivity contribution >= 4 is 29.9 Å². The van der Waals surface area contributed by atoms with Crippen LogP contribution in [0.4, 0.5) is 4.39 Å². The quantitative estimate of drug-likeness (QED) is 0.324. The number of hydrogen-bond acceptors (Lipinski definition) is 3. The van der Waals surface area contributed by atoms with E-state index in [4.69, 9.17) is 0 Å². The Morgan fingerprint density at radius 1 is 1.11 bits per heavy atom. The largest absolute Gasteiger partial charge is 0.352 e. The molecule has 28 heavy (non-hydrogen) atoms. The van der Waals surface area contributed by atoms with Crippen LogP contribution in [0.25, 0.3) is 5.69 Å². The van der Waals surface area contributed by atoms with Gasteiger partial charge in [-0.2, -0.15) is 5.10 Å². The molecule has 0 aliphatic rings. The molecule has 0 amide bonds. The minimum absolute atomic E-state index is 0. The average Bonchev–Trinajstić information content (AvgIpc) is 3.01. The predicted octanol–water partition coefficient (Wildman–Crippen LogP) is 3.51. The molecule has 3 rings (SSSR count). The molecule has 0 fully saturated rings. The third kappa shape index (κ3) is 5.28. The molecule has 0 radical (unpaired) electrons. The molecular weight excluding hydrogens is 470 g/mol. The van der Waals surface area contributed by atoms with Gasteiger partial charge < -0.3 is 10.6 Å². The number of pyridine rings is 1. The monoisotopic (exact) mass is 494 g/mol. The first-order valence-corrected chi connectivity index (χ1v) is 8.74. The second-order valence-corrected chi connectivity index (χ2v) is 6.18. The topological polar surface area (TPSA) is 67.1 Å². The molecule has 0 spiro atoms. The molecule has 2 aromatic heterocycles. The van der Waals surface area contributed by atoms with Crippen molar-refractivity contribution in [2.75, 3.05) is 7.05 Å². The number of halogens is 2. The summed E-state index contributed by atoms with van der Waals surface area (Å²) in [6.07, 6.45) is 1.57. The molecule has 1 aromatic carbocycles. The highest BCUT2D eigenvalue weighted by Crippen LogP contribution is 2.16. The van der Waals surface area contributed by atoms with Crippen molar-refractivity contribution < 1.29 is 4.39 Å². The van der Waals surface area contributed by atoms with E-state index in [1.165, 1.54) is 6.07 Å². The predicted molar refractivity (Wildman–Crippen MR) is 120 cm³/mol.